The lowest BCUT2D eigenvalue weighted by Gasteiger charge is -2.41. The molecule has 1 aromatic rings. The Bertz CT molecular complexity index is 485. The van der Waals surface area contributed by atoms with Gasteiger partial charge in [0.05, 0.1) is 11.7 Å². The highest BCUT2D eigenvalue weighted by Crippen LogP contribution is 2.21. The molecule has 2 N–H and O–H groups in total. The number of carbonyl (C=O) groups is 1. The Morgan fingerprint density at radius 2 is 2.25 bits per heavy atom. The molecule has 0 aliphatic carbocycles. The summed E-state index contributed by atoms with van der Waals surface area (Å²) in [5.41, 5.74) is 7.35. The summed E-state index contributed by atoms with van der Waals surface area (Å²) in [5.74, 6) is 0.190. The van der Waals surface area contributed by atoms with Crippen molar-refractivity contribution in [3.8, 4) is 0 Å². The SMILES string of the molecule is CC1CN(C(=O)CCc2cccc(N)c2)CC(C)(C)O1. The zero-order chi connectivity index (χ0) is 14.8. The van der Waals surface area contributed by atoms with Crippen molar-refractivity contribution in [1.82, 2.24) is 4.90 Å². The standard InChI is InChI=1S/C16H24N2O2/c1-12-10-18(11-16(2,3)20-12)15(19)8-7-13-5-4-6-14(17)9-13/h4-6,9,12H,7-8,10-11,17H2,1-3H3. The molecule has 1 atom stereocenters. The van der Waals surface area contributed by atoms with Crippen LogP contribution in [0, 0.1) is 0 Å². The molecule has 1 aliphatic heterocycles. The van der Waals surface area contributed by atoms with E-state index >= 15 is 0 Å². The summed E-state index contributed by atoms with van der Waals surface area (Å²) in [6.07, 6.45) is 1.34. The topological polar surface area (TPSA) is 55.6 Å². The molecule has 1 saturated heterocycles. The second kappa shape index (κ2) is 5.83. The highest BCUT2D eigenvalue weighted by atomic mass is 16.5. The first-order valence-electron chi connectivity index (χ1n) is 7.16. The van der Waals surface area contributed by atoms with Crippen LogP contribution in [-0.4, -0.2) is 35.6 Å². The van der Waals surface area contributed by atoms with Crippen LogP contribution in [0.2, 0.25) is 0 Å². The van der Waals surface area contributed by atoms with Gasteiger partial charge in [0.25, 0.3) is 0 Å². The first kappa shape index (κ1) is 14.9. The Balaban J connectivity index is 1.91. The van der Waals surface area contributed by atoms with Crippen molar-refractivity contribution in [2.45, 2.75) is 45.3 Å². The van der Waals surface area contributed by atoms with Gasteiger partial charge in [-0.1, -0.05) is 12.1 Å². The van der Waals surface area contributed by atoms with Gasteiger partial charge in [0.2, 0.25) is 5.91 Å². The van der Waals surface area contributed by atoms with Crippen molar-refractivity contribution < 1.29 is 9.53 Å². The van der Waals surface area contributed by atoms with Gasteiger partial charge in [-0.3, -0.25) is 4.79 Å². The lowest BCUT2D eigenvalue weighted by Crippen LogP contribution is -2.53. The first-order valence-corrected chi connectivity index (χ1v) is 7.16. The zero-order valence-electron chi connectivity index (χ0n) is 12.6. The van der Waals surface area contributed by atoms with Gasteiger partial charge in [-0.05, 0) is 44.9 Å². The van der Waals surface area contributed by atoms with Crippen molar-refractivity contribution in [3.05, 3.63) is 29.8 Å². The minimum absolute atomic E-state index is 0.0927. The van der Waals surface area contributed by atoms with E-state index in [4.69, 9.17) is 10.5 Å². The summed E-state index contributed by atoms with van der Waals surface area (Å²) in [6.45, 7) is 7.41. The highest BCUT2D eigenvalue weighted by molar-refractivity contribution is 5.76. The van der Waals surface area contributed by atoms with Crippen LogP contribution >= 0.6 is 0 Å². The summed E-state index contributed by atoms with van der Waals surface area (Å²) in [4.78, 5) is 14.2. The molecule has 1 amide bonds. The molecule has 0 radical (unpaired) electrons. The normalized spacial score (nSPS) is 21.8. The number of benzene rings is 1. The van der Waals surface area contributed by atoms with Crippen LogP contribution in [0.15, 0.2) is 24.3 Å². The maximum absolute atomic E-state index is 12.3. The minimum atomic E-state index is -0.259. The minimum Gasteiger partial charge on any atom is -0.399 e. The monoisotopic (exact) mass is 276 g/mol. The van der Waals surface area contributed by atoms with Crippen LogP contribution in [0.25, 0.3) is 0 Å². The molecule has 1 unspecified atom stereocenters. The van der Waals surface area contributed by atoms with E-state index in [-0.39, 0.29) is 17.6 Å². The first-order chi connectivity index (χ1) is 9.35. The van der Waals surface area contributed by atoms with Gasteiger partial charge in [-0.2, -0.15) is 0 Å². The number of carbonyl (C=O) groups excluding carboxylic acids is 1. The van der Waals surface area contributed by atoms with Gasteiger partial charge in [-0.25, -0.2) is 0 Å². The molecule has 0 saturated carbocycles. The van der Waals surface area contributed by atoms with Crippen molar-refractivity contribution in [2.24, 2.45) is 0 Å². The number of nitrogens with two attached hydrogens (primary N) is 1. The van der Waals surface area contributed by atoms with Crippen LogP contribution < -0.4 is 5.73 Å². The van der Waals surface area contributed by atoms with Crippen LogP contribution in [0.1, 0.15) is 32.8 Å². The van der Waals surface area contributed by atoms with Crippen molar-refractivity contribution >= 4 is 11.6 Å². The Labute approximate surface area is 120 Å². The molecule has 0 bridgehead atoms. The number of anilines is 1. The summed E-state index contributed by atoms with van der Waals surface area (Å²) >= 11 is 0. The summed E-state index contributed by atoms with van der Waals surface area (Å²) in [5, 5.41) is 0. The number of hydrogen-bond acceptors (Lipinski definition) is 3. The number of nitrogens with zero attached hydrogens (tertiary/aromatic N) is 1. The maximum Gasteiger partial charge on any atom is 0.223 e. The summed E-state index contributed by atoms with van der Waals surface area (Å²) in [6, 6.07) is 7.72. The number of aryl methyl sites for hydroxylation is 1. The summed E-state index contributed by atoms with van der Waals surface area (Å²) < 4.78 is 5.82. The predicted molar refractivity (Wildman–Crippen MR) is 80.4 cm³/mol. The van der Waals surface area contributed by atoms with E-state index in [1.165, 1.54) is 0 Å². The number of amides is 1. The molecule has 2 rings (SSSR count). The fourth-order valence-electron chi connectivity index (χ4n) is 2.80. The van der Waals surface area contributed by atoms with E-state index < -0.39 is 0 Å². The van der Waals surface area contributed by atoms with E-state index in [0.29, 0.717) is 19.5 Å². The lowest BCUT2D eigenvalue weighted by molar-refractivity contribution is -0.158. The Morgan fingerprint density at radius 3 is 2.90 bits per heavy atom. The second-order valence-corrected chi connectivity index (χ2v) is 6.21. The molecule has 4 nitrogen and oxygen atoms in total. The summed E-state index contributed by atoms with van der Waals surface area (Å²) in [7, 11) is 0. The second-order valence-electron chi connectivity index (χ2n) is 6.21. The Morgan fingerprint density at radius 1 is 1.50 bits per heavy atom. The van der Waals surface area contributed by atoms with E-state index in [9.17, 15) is 4.79 Å². The van der Waals surface area contributed by atoms with Gasteiger partial charge >= 0.3 is 0 Å². The molecule has 1 aromatic carbocycles. The van der Waals surface area contributed by atoms with E-state index in [1.807, 2.05) is 49.9 Å². The molecular weight excluding hydrogens is 252 g/mol. The highest BCUT2D eigenvalue weighted by Gasteiger charge is 2.33. The third-order valence-corrected chi connectivity index (χ3v) is 3.50. The van der Waals surface area contributed by atoms with Crippen LogP contribution in [0.3, 0.4) is 0 Å². The maximum atomic E-state index is 12.3. The number of rotatable bonds is 3. The van der Waals surface area contributed by atoms with Crippen molar-refractivity contribution in [2.75, 3.05) is 18.8 Å². The Kier molecular flexibility index (Phi) is 4.33. The molecule has 1 heterocycles. The third kappa shape index (κ3) is 3.97. The van der Waals surface area contributed by atoms with Gasteiger partial charge in [0.15, 0.2) is 0 Å². The fraction of sp³-hybridized carbons (Fsp3) is 0.562. The smallest absolute Gasteiger partial charge is 0.223 e. The molecule has 1 fully saturated rings. The van der Waals surface area contributed by atoms with Crippen LogP contribution in [0.4, 0.5) is 5.69 Å². The van der Waals surface area contributed by atoms with Crippen LogP contribution in [-0.2, 0) is 16.0 Å². The molecular formula is C16H24N2O2. The number of hydrogen-bond donors (Lipinski definition) is 1. The van der Waals surface area contributed by atoms with Gasteiger partial charge in [0, 0.05) is 25.2 Å². The van der Waals surface area contributed by atoms with Gasteiger partial charge in [0.1, 0.15) is 0 Å². The molecule has 110 valence electrons. The molecule has 4 heteroatoms. The van der Waals surface area contributed by atoms with E-state index in [2.05, 4.69) is 0 Å². The quantitative estimate of drug-likeness (QED) is 0.861. The number of ether oxygens (including phenoxy) is 1. The molecule has 0 spiro atoms. The van der Waals surface area contributed by atoms with E-state index in [1.54, 1.807) is 0 Å². The average molecular weight is 276 g/mol. The number of morpholine rings is 1. The Hall–Kier alpha value is -1.55. The third-order valence-electron chi connectivity index (χ3n) is 3.50. The molecule has 0 aromatic heterocycles. The van der Waals surface area contributed by atoms with Crippen molar-refractivity contribution in [3.63, 3.8) is 0 Å². The number of nitrogen functional groups attached to an aromatic ring is 1. The van der Waals surface area contributed by atoms with Crippen LogP contribution in [0.5, 0.6) is 0 Å². The lowest BCUT2D eigenvalue weighted by atomic mass is 10.0. The van der Waals surface area contributed by atoms with Crippen molar-refractivity contribution in [1.29, 1.82) is 0 Å². The zero-order valence-corrected chi connectivity index (χ0v) is 12.6. The average Bonchev–Trinajstić information content (AvgIpc) is 2.33. The largest absolute Gasteiger partial charge is 0.399 e. The predicted octanol–water partition coefficient (Wildman–Crippen LogP) is 2.23. The molecule has 20 heavy (non-hydrogen) atoms. The van der Waals surface area contributed by atoms with E-state index in [0.717, 1.165) is 17.7 Å². The fourth-order valence-corrected chi connectivity index (χ4v) is 2.80. The van der Waals surface area contributed by atoms with Gasteiger partial charge < -0.3 is 15.4 Å². The molecule has 1 aliphatic rings. The van der Waals surface area contributed by atoms with Gasteiger partial charge in [-0.15, -0.1) is 0 Å².